The van der Waals surface area contributed by atoms with Crippen LogP contribution in [0.15, 0.2) is 47.1 Å². The number of rotatable bonds is 5. The summed E-state index contributed by atoms with van der Waals surface area (Å²) in [5, 5.41) is 35.2. The van der Waals surface area contributed by atoms with Gasteiger partial charge in [0.05, 0.1) is 11.1 Å². The molecule has 0 saturated heterocycles. The average Bonchev–Trinajstić information content (AvgIpc) is 2.90. The van der Waals surface area contributed by atoms with E-state index in [0.717, 1.165) is 16.7 Å². The normalized spacial score (nSPS) is 28.6. The van der Waals surface area contributed by atoms with Crippen LogP contribution in [0.4, 0.5) is 0 Å². The van der Waals surface area contributed by atoms with E-state index in [9.17, 15) is 34.5 Å². The fourth-order valence-electron chi connectivity index (χ4n) is 8.85. The Kier molecular flexibility index (Phi) is 7.01. The van der Waals surface area contributed by atoms with Crippen LogP contribution in [0.2, 0.25) is 0 Å². The number of aromatic hydroxyl groups is 1. The van der Waals surface area contributed by atoms with Crippen LogP contribution in [-0.2, 0) is 27.2 Å². The number of carbonyl (C=O) groups excluding carboxylic acids is 4. The Balaban J connectivity index is 1.82. The van der Waals surface area contributed by atoms with E-state index in [0.29, 0.717) is 23.1 Å². The minimum Gasteiger partial charge on any atom is -0.507 e. The Bertz CT molecular complexity index is 1710. The van der Waals surface area contributed by atoms with Gasteiger partial charge in [0.25, 0.3) is 0 Å². The highest BCUT2D eigenvalue weighted by Gasteiger charge is 2.72. The summed E-state index contributed by atoms with van der Waals surface area (Å²) in [6.45, 7) is 14.0. The average molecular weight is 585 g/mol. The number of ketones is 4. The molecule has 7 nitrogen and oxygen atoms in total. The molecule has 1 fully saturated rings. The molecule has 3 aliphatic rings. The molecule has 0 aliphatic heterocycles. The van der Waals surface area contributed by atoms with Crippen molar-refractivity contribution in [1.29, 1.82) is 0 Å². The van der Waals surface area contributed by atoms with E-state index < -0.39 is 45.5 Å². The molecule has 1 saturated carbocycles. The number of fused-ring (bicyclic) bond motifs is 3. The van der Waals surface area contributed by atoms with Gasteiger partial charge in [0.15, 0.2) is 17.2 Å². The van der Waals surface area contributed by atoms with Crippen LogP contribution >= 0.6 is 0 Å². The van der Waals surface area contributed by atoms with Crippen molar-refractivity contribution in [2.45, 2.75) is 80.3 Å². The van der Waals surface area contributed by atoms with Gasteiger partial charge in [-0.15, -0.1) is 0 Å². The zero-order valence-corrected chi connectivity index (χ0v) is 26.1. The highest BCUT2D eigenvalue weighted by Crippen LogP contribution is 2.65. The molecular formula is C36H40O7. The number of aliphatic hydroxyl groups excluding tert-OH is 1. The van der Waals surface area contributed by atoms with Gasteiger partial charge in [-0.2, -0.15) is 0 Å². The number of hydrogen-bond donors (Lipinski definition) is 3. The Morgan fingerprint density at radius 1 is 0.977 bits per heavy atom. The maximum absolute atomic E-state index is 14.5. The SMILES string of the molecule is CCc1ccc(C(C)=O)cc1-c1ccc(O)c2c1C[C@@]1(C)C[C@@]3(C)[C@H](C(C)C)C(C)=C(C(C)=O)C(=O)[C@@]3(O)C(=O)C1=C2O. The van der Waals surface area contributed by atoms with Gasteiger partial charge in [0.2, 0.25) is 11.6 Å². The molecule has 0 aromatic heterocycles. The number of allylic oxidation sites excluding steroid dienone is 1. The molecule has 7 heteroatoms. The van der Waals surface area contributed by atoms with Crippen molar-refractivity contribution < 1.29 is 34.5 Å². The van der Waals surface area contributed by atoms with Gasteiger partial charge < -0.3 is 15.3 Å². The van der Waals surface area contributed by atoms with Crippen LogP contribution in [0.3, 0.4) is 0 Å². The molecule has 0 heterocycles. The second kappa shape index (κ2) is 9.84. The van der Waals surface area contributed by atoms with Gasteiger partial charge in [-0.05, 0) is 86.3 Å². The Morgan fingerprint density at radius 3 is 2.19 bits per heavy atom. The van der Waals surface area contributed by atoms with Crippen LogP contribution in [0.1, 0.15) is 88.9 Å². The first-order valence-electron chi connectivity index (χ1n) is 14.9. The molecule has 3 aliphatic carbocycles. The van der Waals surface area contributed by atoms with E-state index in [4.69, 9.17) is 0 Å². The van der Waals surface area contributed by atoms with Crippen molar-refractivity contribution in [3.8, 4) is 16.9 Å². The molecule has 5 rings (SSSR count). The standard InChI is InChI=1S/C36H40O7/c1-9-21-10-11-22(19(5)37)14-24(21)23-12-13-26(39)28-25(23)15-34(7)16-35(8)29(17(2)3)18(4)27(20(6)38)32(41)36(35,43)33(42)30(34)31(28)40/h10-14,17,29,39-40,43H,9,15-16H2,1-8H3/t29-,34+,35+,36-/m1/s1. The number of carbonyl (C=O) groups is 4. The van der Waals surface area contributed by atoms with Gasteiger partial charge in [0.1, 0.15) is 11.5 Å². The van der Waals surface area contributed by atoms with Gasteiger partial charge >= 0.3 is 0 Å². The third kappa shape index (κ3) is 3.97. The number of aryl methyl sites for hydroxylation is 1. The van der Waals surface area contributed by atoms with Crippen LogP contribution < -0.4 is 0 Å². The largest absolute Gasteiger partial charge is 0.507 e. The topological polar surface area (TPSA) is 129 Å². The molecular weight excluding hydrogens is 544 g/mol. The van der Waals surface area contributed by atoms with Gasteiger partial charge in [-0.1, -0.05) is 58.4 Å². The predicted octanol–water partition coefficient (Wildman–Crippen LogP) is 6.13. The predicted molar refractivity (Wildman–Crippen MR) is 164 cm³/mol. The number of aliphatic hydroxyl groups is 2. The summed E-state index contributed by atoms with van der Waals surface area (Å²) in [5.74, 6) is -3.77. The van der Waals surface area contributed by atoms with Crippen LogP contribution in [-0.4, -0.2) is 44.1 Å². The molecule has 2 aromatic carbocycles. The summed E-state index contributed by atoms with van der Waals surface area (Å²) in [4.78, 5) is 53.5. The maximum Gasteiger partial charge on any atom is 0.206 e. The molecule has 0 bridgehead atoms. The lowest BCUT2D eigenvalue weighted by atomic mass is 9.42. The van der Waals surface area contributed by atoms with E-state index in [-0.39, 0.29) is 47.0 Å². The van der Waals surface area contributed by atoms with Crippen LogP contribution in [0.5, 0.6) is 5.75 Å². The van der Waals surface area contributed by atoms with Crippen molar-refractivity contribution in [1.82, 2.24) is 0 Å². The highest BCUT2D eigenvalue weighted by molar-refractivity contribution is 6.33. The Morgan fingerprint density at radius 2 is 1.63 bits per heavy atom. The van der Waals surface area contributed by atoms with Gasteiger partial charge in [-0.3, -0.25) is 19.2 Å². The molecule has 2 aromatic rings. The van der Waals surface area contributed by atoms with Crippen molar-refractivity contribution in [3.63, 3.8) is 0 Å². The summed E-state index contributed by atoms with van der Waals surface area (Å²) < 4.78 is 0. The van der Waals surface area contributed by atoms with Crippen molar-refractivity contribution in [2.24, 2.45) is 22.7 Å². The molecule has 226 valence electrons. The first kappa shape index (κ1) is 30.6. The van der Waals surface area contributed by atoms with Crippen molar-refractivity contribution >= 4 is 28.9 Å². The fraction of sp³-hybridized carbons (Fsp3) is 0.444. The number of phenols is 1. The van der Waals surface area contributed by atoms with E-state index in [1.807, 2.05) is 39.8 Å². The lowest BCUT2D eigenvalue weighted by molar-refractivity contribution is -0.180. The van der Waals surface area contributed by atoms with Gasteiger partial charge in [0, 0.05) is 22.0 Å². The summed E-state index contributed by atoms with van der Waals surface area (Å²) >= 11 is 0. The van der Waals surface area contributed by atoms with Crippen molar-refractivity contribution in [3.05, 3.63) is 69.3 Å². The second-order valence-corrected chi connectivity index (χ2v) is 13.5. The molecule has 0 spiro atoms. The Labute approximate surface area is 252 Å². The summed E-state index contributed by atoms with van der Waals surface area (Å²) in [6.07, 6.45) is 1.08. The van der Waals surface area contributed by atoms with Crippen LogP contribution in [0, 0.1) is 22.7 Å². The number of phenolic OH excluding ortho intramolecular Hbond substituents is 1. The molecule has 0 amide bonds. The first-order valence-corrected chi connectivity index (χ1v) is 14.9. The number of benzene rings is 2. The monoisotopic (exact) mass is 584 g/mol. The van der Waals surface area contributed by atoms with Crippen molar-refractivity contribution in [2.75, 3.05) is 0 Å². The zero-order chi connectivity index (χ0) is 32.0. The third-order valence-electron chi connectivity index (χ3n) is 10.4. The lowest BCUT2D eigenvalue weighted by Crippen LogP contribution is -2.70. The quantitative estimate of drug-likeness (QED) is 0.219. The molecule has 0 radical (unpaired) electrons. The Hall–Kier alpha value is -3.84. The minimum absolute atomic E-state index is 0.0722. The number of Topliss-reactive ketones (excluding diaryl/α,β-unsaturated/α-hetero) is 4. The fourth-order valence-corrected chi connectivity index (χ4v) is 8.85. The minimum atomic E-state index is -2.57. The second-order valence-electron chi connectivity index (χ2n) is 13.5. The molecule has 43 heavy (non-hydrogen) atoms. The molecule has 3 N–H and O–H groups in total. The molecule has 4 atom stereocenters. The van der Waals surface area contributed by atoms with E-state index in [2.05, 4.69) is 0 Å². The van der Waals surface area contributed by atoms with Crippen LogP contribution in [0.25, 0.3) is 16.9 Å². The van der Waals surface area contributed by atoms with E-state index >= 15 is 0 Å². The van der Waals surface area contributed by atoms with Gasteiger partial charge in [-0.25, -0.2) is 0 Å². The van der Waals surface area contributed by atoms with E-state index in [1.54, 1.807) is 26.0 Å². The summed E-state index contributed by atoms with van der Waals surface area (Å²) in [6, 6.07) is 8.73. The maximum atomic E-state index is 14.5. The third-order valence-corrected chi connectivity index (χ3v) is 10.4. The smallest absolute Gasteiger partial charge is 0.206 e. The summed E-state index contributed by atoms with van der Waals surface area (Å²) in [5.41, 5.74) is -0.839. The lowest BCUT2D eigenvalue weighted by Gasteiger charge is -2.60. The first-order chi connectivity index (χ1) is 20.0. The zero-order valence-electron chi connectivity index (χ0n) is 26.1. The highest BCUT2D eigenvalue weighted by atomic mass is 16.3. The van der Waals surface area contributed by atoms with E-state index in [1.165, 1.54) is 19.9 Å². The number of hydrogen-bond acceptors (Lipinski definition) is 7. The molecule has 0 unspecified atom stereocenters. The summed E-state index contributed by atoms with van der Waals surface area (Å²) in [7, 11) is 0.